The number of aromatic amines is 1. The van der Waals surface area contributed by atoms with Gasteiger partial charge < -0.3 is 9.72 Å². The zero-order valence-corrected chi connectivity index (χ0v) is 13.1. The van der Waals surface area contributed by atoms with E-state index < -0.39 is 18.0 Å². The number of esters is 1. The van der Waals surface area contributed by atoms with Crippen LogP contribution in [0.5, 0.6) is 0 Å². The molecule has 1 unspecified atom stereocenters. The lowest BCUT2D eigenvalue weighted by Crippen LogP contribution is -2.32. The number of aromatic nitrogens is 3. The first kappa shape index (κ1) is 15.2. The predicted molar refractivity (Wildman–Crippen MR) is 86.3 cm³/mol. The van der Waals surface area contributed by atoms with Crippen molar-refractivity contribution in [3.8, 4) is 0 Å². The number of H-pyrrole nitrogens is 1. The Labute approximate surface area is 135 Å². The molecule has 0 saturated heterocycles. The minimum absolute atomic E-state index is 0.363. The maximum Gasteiger partial charge on any atom is 0.338 e. The van der Waals surface area contributed by atoms with Crippen LogP contribution in [-0.4, -0.2) is 32.9 Å². The molecule has 2 heterocycles. The number of nitrogens with zero attached hydrogens (tertiary/aromatic N) is 2. The van der Waals surface area contributed by atoms with Crippen molar-refractivity contribution >= 4 is 39.4 Å². The number of anilines is 1. The third-order valence-electron chi connectivity index (χ3n) is 3.23. The molecule has 3 aromatic rings. The van der Waals surface area contributed by atoms with Gasteiger partial charge in [-0.05, 0) is 24.6 Å². The van der Waals surface area contributed by atoms with E-state index in [0.717, 1.165) is 11.0 Å². The molecular weight excluding hydrogens is 316 g/mol. The molecule has 0 aliphatic rings. The monoisotopic (exact) mass is 330 g/mol. The minimum Gasteiger partial charge on any atom is -0.449 e. The Balaban J connectivity index is 1.70. The lowest BCUT2D eigenvalue weighted by molar-refractivity contribution is -0.124. The molecule has 0 bridgehead atoms. The van der Waals surface area contributed by atoms with Crippen molar-refractivity contribution < 1.29 is 14.3 Å². The summed E-state index contributed by atoms with van der Waals surface area (Å²) in [4.78, 5) is 35.4. The summed E-state index contributed by atoms with van der Waals surface area (Å²) in [5, 5.41) is 4.86. The summed E-state index contributed by atoms with van der Waals surface area (Å²) in [6, 6.07) is 4.99. The zero-order valence-electron chi connectivity index (χ0n) is 12.3. The summed E-state index contributed by atoms with van der Waals surface area (Å²) in [6.07, 6.45) is 2.64. The fourth-order valence-corrected chi connectivity index (χ4v) is 2.58. The van der Waals surface area contributed by atoms with Crippen LogP contribution < -0.4 is 5.32 Å². The molecule has 23 heavy (non-hydrogen) atoms. The number of carbonyl (C=O) groups excluding carboxylic acids is 2. The Kier molecular flexibility index (Phi) is 4.33. The molecule has 0 saturated carbocycles. The van der Waals surface area contributed by atoms with Crippen molar-refractivity contribution in [1.29, 1.82) is 0 Å². The van der Waals surface area contributed by atoms with Gasteiger partial charge in [0.25, 0.3) is 5.91 Å². The summed E-state index contributed by atoms with van der Waals surface area (Å²) in [5.74, 6) is -0.943. The molecule has 0 fully saturated rings. The third kappa shape index (κ3) is 3.37. The van der Waals surface area contributed by atoms with Crippen molar-refractivity contribution in [2.24, 2.45) is 0 Å². The molecule has 1 aromatic carbocycles. The van der Waals surface area contributed by atoms with Gasteiger partial charge in [0.2, 0.25) is 0 Å². The van der Waals surface area contributed by atoms with Gasteiger partial charge >= 0.3 is 5.97 Å². The van der Waals surface area contributed by atoms with E-state index in [9.17, 15) is 9.59 Å². The molecule has 2 N–H and O–H groups in total. The molecule has 0 aliphatic heterocycles. The Bertz CT molecular complexity index is 828. The van der Waals surface area contributed by atoms with E-state index in [2.05, 4.69) is 20.3 Å². The van der Waals surface area contributed by atoms with Crippen LogP contribution >= 0.6 is 11.3 Å². The first-order valence-electron chi connectivity index (χ1n) is 7.02. The number of benzene rings is 1. The summed E-state index contributed by atoms with van der Waals surface area (Å²) < 4.78 is 5.31. The van der Waals surface area contributed by atoms with Crippen molar-refractivity contribution in [1.82, 2.24) is 15.0 Å². The molecule has 1 atom stereocenters. The largest absolute Gasteiger partial charge is 0.449 e. The van der Waals surface area contributed by atoms with E-state index in [-0.39, 0.29) is 0 Å². The zero-order chi connectivity index (χ0) is 16.2. The number of carbonyl (C=O) groups is 2. The van der Waals surface area contributed by atoms with E-state index >= 15 is 0 Å². The van der Waals surface area contributed by atoms with E-state index in [0.29, 0.717) is 17.1 Å². The van der Waals surface area contributed by atoms with E-state index in [1.165, 1.54) is 11.3 Å². The molecular formula is C15H14N4O3S. The van der Waals surface area contributed by atoms with E-state index in [1.54, 1.807) is 43.0 Å². The first-order chi connectivity index (χ1) is 11.2. The SMILES string of the molecule is CCC(OC(=O)c1ccc2nc[nH]c2c1)C(=O)Nc1nccs1. The van der Waals surface area contributed by atoms with Crippen LogP contribution in [-0.2, 0) is 9.53 Å². The second-order valence-corrected chi connectivity index (χ2v) is 5.66. The average molecular weight is 330 g/mol. The maximum absolute atomic E-state index is 12.2. The second kappa shape index (κ2) is 6.57. The van der Waals surface area contributed by atoms with Crippen molar-refractivity contribution in [3.05, 3.63) is 41.7 Å². The number of hydrogen-bond donors (Lipinski definition) is 2. The van der Waals surface area contributed by atoms with E-state index in [4.69, 9.17) is 4.74 Å². The van der Waals surface area contributed by atoms with Gasteiger partial charge in [-0.25, -0.2) is 14.8 Å². The number of rotatable bonds is 5. The van der Waals surface area contributed by atoms with Crippen LogP contribution in [0, 0.1) is 0 Å². The van der Waals surface area contributed by atoms with Crippen molar-refractivity contribution in [3.63, 3.8) is 0 Å². The standard InChI is InChI=1S/C15H14N4O3S/c1-2-12(13(20)19-15-16-5-6-23-15)22-14(21)9-3-4-10-11(7-9)18-8-17-10/h3-8,12H,2H2,1H3,(H,17,18)(H,16,19,20). The van der Waals surface area contributed by atoms with Crippen molar-refractivity contribution in [2.45, 2.75) is 19.4 Å². The van der Waals surface area contributed by atoms with Gasteiger partial charge in [0.1, 0.15) is 0 Å². The van der Waals surface area contributed by atoms with Gasteiger partial charge in [-0.15, -0.1) is 11.3 Å². The van der Waals surface area contributed by atoms with Gasteiger partial charge in [-0.2, -0.15) is 0 Å². The topological polar surface area (TPSA) is 97.0 Å². The highest BCUT2D eigenvalue weighted by Gasteiger charge is 2.23. The number of imidazole rings is 1. The lowest BCUT2D eigenvalue weighted by atomic mass is 10.2. The van der Waals surface area contributed by atoms with Gasteiger partial charge in [-0.3, -0.25) is 10.1 Å². The molecule has 8 heteroatoms. The molecule has 1 amide bonds. The van der Waals surface area contributed by atoms with Gasteiger partial charge in [-0.1, -0.05) is 6.92 Å². The summed E-state index contributed by atoms with van der Waals surface area (Å²) in [7, 11) is 0. The number of nitrogens with one attached hydrogen (secondary N) is 2. The summed E-state index contributed by atoms with van der Waals surface area (Å²) in [5.41, 5.74) is 1.86. The molecule has 7 nitrogen and oxygen atoms in total. The van der Waals surface area contributed by atoms with Crippen LogP contribution in [0.15, 0.2) is 36.1 Å². The smallest absolute Gasteiger partial charge is 0.338 e. The Morgan fingerprint density at radius 1 is 1.39 bits per heavy atom. The highest BCUT2D eigenvalue weighted by molar-refractivity contribution is 7.13. The number of fused-ring (bicyclic) bond motifs is 1. The Morgan fingerprint density at radius 3 is 3.00 bits per heavy atom. The number of thiazole rings is 1. The second-order valence-electron chi connectivity index (χ2n) is 4.76. The van der Waals surface area contributed by atoms with Crippen molar-refractivity contribution in [2.75, 3.05) is 5.32 Å². The van der Waals surface area contributed by atoms with Crippen LogP contribution in [0.3, 0.4) is 0 Å². The Hall–Kier alpha value is -2.74. The van der Waals surface area contributed by atoms with Gasteiger partial charge in [0.15, 0.2) is 11.2 Å². The van der Waals surface area contributed by atoms with Crippen LogP contribution in [0.1, 0.15) is 23.7 Å². The lowest BCUT2D eigenvalue weighted by Gasteiger charge is -2.15. The van der Waals surface area contributed by atoms with Crippen LogP contribution in [0.2, 0.25) is 0 Å². The molecule has 0 radical (unpaired) electrons. The molecule has 0 aliphatic carbocycles. The number of amides is 1. The average Bonchev–Trinajstić information content (AvgIpc) is 3.22. The molecule has 2 aromatic heterocycles. The normalized spacial score (nSPS) is 12.0. The van der Waals surface area contributed by atoms with Gasteiger partial charge in [0.05, 0.1) is 22.9 Å². The fraction of sp³-hybridized carbons (Fsp3) is 0.200. The Morgan fingerprint density at radius 2 is 2.26 bits per heavy atom. The fourth-order valence-electron chi connectivity index (χ4n) is 2.05. The highest BCUT2D eigenvalue weighted by Crippen LogP contribution is 2.15. The molecule has 3 rings (SSSR count). The minimum atomic E-state index is -0.871. The molecule has 0 spiro atoms. The number of hydrogen-bond acceptors (Lipinski definition) is 6. The first-order valence-corrected chi connectivity index (χ1v) is 7.90. The van der Waals surface area contributed by atoms with Crippen LogP contribution in [0.25, 0.3) is 11.0 Å². The highest BCUT2D eigenvalue weighted by atomic mass is 32.1. The maximum atomic E-state index is 12.2. The van der Waals surface area contributed by atoms with E-state index in [1.807, 2.05) is 0 Å². The third-order valence-corrected chi connectivity index (χ3v) is 3.92. The predicted octanol–water partition coefficient (Wildman–Crippen LogP) is 2.59. The van der Waals surface area contributed by atoms with Crippen LogP contribution in [0.4, 0.5) is 5.13 Å². The van der Waals surface area contributed by atoms with Gasteiger partial charge in [0, 0.05) is 11.6 Å². The summed E-state index contributed by atoms with van der Waals surface area (Å²) >= 11 is 1.30. The quantitative estimate of drug-likeness (QED) is 0.701. The molecule has 118 valence electrons. The number of ether oxygens (including phenoxy) is 1. The summed E-state index contributed by atoms with van der Waals surface area (Å²) in [6.45, 7) is 1.78.